The number of carboxylic acid groups (broad SMARTS) is 1. The van der Waals surface area contributed by atoms with Crippen molar-refractivity contribution in [3.05, 3.63) is 0 Å². The normalized spacial score (nSPS) is 42.0. The molecule has 0 aromatic rings. The summed E-state index contributed by atoms with van der Waals surface area (Å²) in [5.41, 5.74) is 0.0406. The number of aliphatic hydroxyl groups excluding tert-OH is 1. The fourth-order valence-electron chi connectivity index (χ4n) is 7.81. The van der Waals surface area contributed by atoms with E-state index in [1.165, 1.54) is 0 Å². The molecule has 3 aliphatic carbocycles. The van der Waals surface area contributed by atoms with Crippen LogP contribution in [-0.4, -0.2) is 38.2 Å². The topological polar surface area (TPSA) is 124 Å². The molecule has 0 aromatic heterocycles. The van der Waals surface area contributed by atoms with E-state index in [4.69, 9.17) is 9.63 Å². The molecule has 0 unspecified atom stereocenters. The zero-order valence-corrected chi connectivity index (χ0v) is 20.8. The molecule has 32 heavy (non-hydrogen) atoms. The van der Waals surface area contributed by atoms with Gasteiger partial charge in [0.1, 0.15) is 0 Å². The van der Waals surface area contributed by atoms with Crippen LogP contribution in [0.5, 0.6) is 0 Å². The van der Waals surface area contributed by atoms with Gasteiger partial charge in [-0.1, -0.05) is 20.8 Å². The lowest BCUT2D eigenvalue weighted by atomic mass is 9.53. The van der Waals surface area contributed by atoms with E-state index in [1.807, 2.05) is 0 Å². The van der Waals surface area contributed by atoms with Crippen molar-refractivity contribution in [3.8, 4) is 0 Å². The Morgan fingerprint density at radius 3 is 2.50 bits per heavy atom. The Bertz CT molecular complexity index is 694. The van der Waals surface area contributed by atoms with Gasteiger partial charge in [-0.3, -0.25) is 9.32 Å². The van der Waals surface area contributed by atoms with Gasteiger partial charge in [-0.2, -0.15) is 0 Å². The van der Waals surface area contributed by atoms with Crippen LogP contribution in [0.2, 0.25) is 0 Å². The number of aliphatic hydroxyl groups is 1. The molecule has 3 fully saturated rings. The molecule has 7 nitrogen and oxygen atoms in total. The minimum atomic E-state index is -4.63. The first-order valence-corrected chi connectivity index (χ1v) is 14.1. The van der Waals surface area contributed by atoms with Gasteiger partial charge in [-0.25, -0.2) is 4.57 Å². The minimum absolute atomic E-state index is 0.0406. The quantitative estimate of drug-likeness (QED) is 0.400. The van der Waals surface area contributed by atoms with Gasteiger partial charge in [0, 0.05) is 6.42 Å². The Balaban J connectivity index is 1.90. The molecule has 9 atom stereocenters. The van der Waals surface area contributed by atoms with E-state index in [0.717, 1.165) is 38.5 Å². The largest absolute Gasteiger partial charge is 0.481 e. The maximum absolute atomic E-state index is 11.9. The van der Waals surface area contributed by atoms with Crippen LogP contribution in [0.25, 0.3) is 0 Å². The van der Waals surface area contributed by atoms with Gasteiger partial charge in [-0.15, -0.1) is 0 Å². The number of hydrogen-bond donors (Lipinski definition) is 4. The molecule has 4 N–H and O–H groups in total. The number of carboxylic acids is 1. The average Bonchev–Trinajstić information content (AvgIpc) is 3.04. The van der Waals surface area contributed by atoms with Crippen molar-refractivity contribution in [2.75, 3.05) is 0 Å². The smallest absolute Gasteiger partial charge is 0.469 e. The monoisotopic (exact) mass is 474 g/mol. The maximum Gasteiger partial charge on any atom is 0.469 e. The summed E-state index contributed by atoms with van der Waals surface area (Å²) in [5.74, 6) is 1.08. The lowest BCUT2D eigenvalue weighted by Crippen LogP contribution is -2.49. The van der Waals surface area contributed by atoms with Gasteiger partial charge in [0.15, 0.2) is 0 Å². The summed E-state index contributed by atoms with van der Waals surface area (Å²) < 4.78 is 17.4. The van der Waals surface area contributed by atoms with E-state index in [9.17, 15) is 24.3 Å². The predicted octanol–water partition coefficient (Wildman–Crippen LogP) is 4.99. The molecule has 0 saturated heterocycles. The number of fused-ring (bicyclic) bond motifs is 3. The van der Waals surface area contributed by atoms with Crippen LogP contribution in [0.15, 0.2) is 0 Å². The highest BCUT2D eigenvalue weighted by molar-refractivity contribution is 7.46. The van der Waals surface area contributed by atoms with Crippen molar-refractivity contribution in [3.63, 3.8) is 0 Å². The molecular formula is C24H43O7P. The number of aliphatic carboxylic acids is 1. The fraction of sp³-hybridized carbons (Fsp3) is 0.958. The molecule has 0 aliphatic heterocycles. The van der Waals surface area contributed by atoms with Gasteiger partial charge in [0.25, 0.3) is 0 Å². The second-order valence-electron chi connectivity index (χ2n) is 11.3. The van der Waals surface area contributed by atoms with Crippen LogP contribution >= 0.6 is 7.82 Å². The highest BCUT2D eigenvalue weighted by Crippen LogP contribution is 2.64. The Kier molecular flexibility index (Phi) is 8.53. The van der Waals surface area contributed by atoms with Crippen LogP contribution in [0.3, 0.4) is 0 Å². The lowest BCUT2D eigenvalue weighted by Gasteiger charge is -2.53. The Labute approximate surface area is 192 Å². The first-order valence-electron chi connectivity index (χ1n) is 12.6. The Morgan fingerprint density at radius 1 is 1.12 bits per heavy atom. The Hall–Kier alpha value is -0.460. The predicted molar refractivity (Wildman–Crippen MR) is 122 cm³/mol. The SMILES string of the molecule is C[C@H](CCC(=O)O)[C@H]1CC[C@H]2[C@H]3[C@H](CC[C@]12C)[C@@H](C)CC[C@@H](O)CCC[C@H]3OP(=O)(O)O. The number of carbonyl (C=O) groups is 1. The van der Waals surface area contributed by atoms with Gasteiger partial charge in [0.2, 0.25) is 0 Å². The van der Waals surface area contributed by atoms with Crippen molar-refractivity contribution in [1.82, 2.24) is 0 Å². The number of phosphoric ester groups is 1. The summed E-state index contributed by atoms with van der Waals surface area (Å²) in [5, 5.41) is 19.5. The van der Waals surface area contributed by atoms with E-state index >= 15 is 0 Å². The standard InChI is InChI=1S/C24H43O7P/c1-15-7-9-17(25)5-4-6-21(31-32(28,29)30)23-18(15)13-14-24(3)19(10-11-20(23)24)16(2)8-12-22(26)27/h15-21,23,25H,4-14H2,1-3H3,(H,26,27)(H2,28,29,30)/t15-,16+,17-,18+,19+,20-,21+,23+,24+/m0/s1. The molecule has 0 aromatic carbocycles. The van der Waals surface area contributed by atoms with Gasteiger partial charge < -0.3 is 20.0 Å². The third-order valence-corrected chi connectivity index (χ3v) is 9.92. The molecule has 186 valence electrons. The average molecular weight is 475 g/mol. The summed E-state index contributed by atoms with van der Waals surface area (Å²) >= 11 is 0. The summed E-state index contributed by atoms with van der Waals surface area (Å²) in [7, 11) is -4.63. The van der Waals surface area contributed by atoms with Crippen molar-refractivity contribution in [2.24, 2.45) is 40.9 Å². The van der Waals surface area contributed by atoms with Crippen molar-refractivity contribution in [2.45, 2.75) is 104 Å². The van der Waals surface area contributed by atoms with E-state index in [2.05, 4.69) is 20.8 Å². The highest BCUT2D eigenvalue weighted by Gasteiger charge is 2.57. The van der Waals surface area contributed by atoms with E-state index in [1.54, 1.807) is 0 Å². The molecule has 8 heteroatoms. The summed E-state index contributed by atoms with van der Waals surface area (Å²) in [6, 6.07) is 0. The van der Waals surface area contributed by atoms with Crippen molar-refractivity contribution in [1.29, 1.82) is 0 Å². The van der Waals surface area contributed by atoms with Gasteiger partial charge >= 0.3 is 13.8 Å². The molecule has 3 rings (SSSR count). The van der Waals surface area contributed by atoms with Gasteiger partial charge in [-0.05, 0) is 105 Å². The third kappa shape index (κ3) is 5.96. The lowest BCUT2D eigenvalue weighted by molar-refractivity contribution is -0.137. The second-order valence-corrected chi connectivity index (χ2v) is 12.5. The minimum Gasteiger partial charge on any atom is -0.481 e. The van der Waals surface area contributed by atoms with Crippen LogP contribution in [0, 0.1) is 40.9 Å². The molecule has 0 radical (unpaired) electrons. The van der Waals surface area contributed by atoms with E-state index in [-0.39, 0.29) is 23.9 Å². The van der Waals surface area contributed by atoms with E-state index < -0.39 is 19.9 Å². The first kappa shape index (κ1) is 26.2. The van der Waals surface area contributed by atoms with Crippen LogP contribution in [0.1, 0.15) is 91.4 Å². The van der Waals surface area contributed by atoms with E-state index in [0.29, 0.717) is 55.3 Å². The third-order valence-electron chi connectivity index (χ3n) is 9.37. The van der Waals surface area contributed by atoms with Crippen LogP contribution in [0.4, 0.5) is 0 Å². The van der Waals surface area contributed by atoms with Crippen LogP contribution < -0.4 is 0 Å². The second kappa shape index (κ2) is 10.4. The zero-order valence-electron chi connectivity index (χ0n) is 19.9. The summed E-state index contributed by atoms with van der Waals surface area (Å²) in [6.07, 6.45) is 7.72. The zero-order chi connectivity index (χ0) is 23.7. The van der Waals surface area contributed by atoms with Crippen LogP contribution in [-0.2, 0) is 13.9 Å². The number of hydrogen-bond acceptors (Lipinski definition) is 4. The highest BCUT2D eigenvalue weighted by atomic mass is 31.2. The van der Waals surface area contributed by atoms with Gasteiger partial charge in [0.05, 0.1) is 12.2 Å². The maximum atomic E-state index is 11.9. The molecular weight excluding hydrogens is 431 g/mol. The van der Waals surface area contributed by atoms with Crippen molar-refractivity contribution >= 4 is 13.8 Å². The number of rotatable bonds is 6. The molecule has 0 amide bonds. The molecule has 3 aliphatic rings. The Morgan fingerprint density at radius 2 is 1.84 bits per heavy atom. The molecule has 0 heterocycles. The number of phosphoric acid groups is 1. The molecule has 3 saturated carbocycles. The molecule has 0 bridgehead atoms. The fourth-order valence-corrected chi connectivity index (χ4v) is 8.41. The first-order chi connectivity index (χ1) is 14.9. The van der Waals surface area contributed by atoms with Crippen molar-refractivity contribution < 1.29 is 33.9 Å². The summed E-state index contributed by atoms with van der Waals surface area (Å²) in [6.45, 7) is 6.74. The summed E-state index contributed by atoms with van der Waals surface area (Å²) in [4.78, 5) is 30.6. The molecule has 0 spiro atoms.